The first-order valence-corrected chi connectivity index (χ1v) is 9.86. The fourth-order valence-electron chi connectivity index (χ4n) is 3.85. The lowest BCUT2D eigenvalue weighted by molar-refractivity contribution is -0.133. The summed E-state index contributed by atoms with van der Waals surface area (Å²) in [6, 6.07) is 1.80. The minimum Gasteiger partial charge on any atom is -0.381 e. The molecule has 1 unspecified atom stereocenters. The van der Waals surface area contributed by atoms with Crippen molar-refractivity contribution in [3.8, 4) is 0 Å². The summed E-state index contributed by atoms with van der Waals surface area (Å²) in [4.78, 5) is 37.2. The second kappa shape index (κ2) is 8.17. The van der Waals surface area contributed by atoms with Gasteiger partial charge in [-0.3, -0.25) is 14.6 Å². The van der Waals surface area contributed by atoms with Crippen LogP contribution in [0.3, 0.4) is 0 Å². The predicted molar refractivity (Wildman–Crippen MR) is 113 cm³/mol. The van der Waals surface area contributed by atoms with E-state index < -0.39 is 11.7 Å². The lowest BCUT2D eigenvalue weighted by Gasteiger charge is -2.35. The number of carbonyl (C=O) groups excluding carboxylic acids is 2. The number of piperidine rings is 1. The molecular formula is C20H23FN8O2. The highest BCUT2D eigenvalue weighted by Crippen LogP contribution is 2.30. The second-order valence-corrected chi connectivity index (χ2v) is 7.67. The minimum absolute atomic E-state index is 0.0501. The van der Waals surface area contributed by atoms with Crippen LogP contribution < -0.4 is 16.0 Å². The van der Waals surface area contributed by atoms with Crippen LogP contribution in [0.15, 0.2) is 30.9 Å². The van der Waals surface area contributed by atoms with Crippen molar-refractivity contribution >= 4 is 34.7 Å². The third kappa shape index (κ3) is 3.98. The molecule has 4 heterocycles. The third-order valence-electron chi connectivity index (χ3n) is 5.29. The number of carbonyl (C=O) groups is 2. The highest BCUT2D eigenvalue weighted by molar-refractivity contribution is 6.12. The van der Waals surface area contributed by atoms with Crippen molar-refractivity contribution < 1.29 is 14.0 Å². The van der Waals surface area contributed by atoms with Crippen LogP contribution >= 0.6 is 0 Å². The van der Waals surface area contributed by atoms with Gasteiger partial charge in [-0.05, 0) is 18.9 Å². The van der Waals surface area contributed by atoms with Gasteiger partial charge in [0.1, 0.15) is 5.56 Å². The summed E-state index contributed by atoms with van der Waals surface area (Å²) < 4.78 is 14.5. The molecule has 10 nitrogen and oxygen atoms in total. The quantitative estimate of drug-likeness (QED) is 0.647. The van der Waals surface area contributed by atoms with Crippen LogP contribution in [-0.2, 0) is 4.79 Å². The molecule has 0 bridgehead atoms. The zero-order valence-electron chi connectivity index (χ0n) is 17.2. The summed E-state index contributed by atoms with van der Waals surface area (Å²) in [5.74, 6) is -1.21. The Morgan fingerprint density at radius 2 is 2.13 bits per heavy atom. The van der Waals surface area contributed by atoms with Crippen LogP contribution in [0.2, 0.25) is 0 Å². The van der Waals surface area contributed by atoms with Crippen LogP contribution in [-0.4, -0.2) is 63.5 Å². The Labute approximate surface area is 177 Å². The Balaban J connectivity index is 1.60. The number of nitrogens with one attached hydrogen (secondary N) is 1. The molecule has 1 atom stereocenters. The minimum atomic E-state index is -0.594. The molecule has 1 aliphatic heterocycles. The fourth-order valence-corrected chi connectivity index (χ4v) is 3.85. The maximum Gasteiger partial charge on any atom is 0.263 e. The van der Waals surface area contributed by atoms with E-state index in [0.29, 0.717) is 12.2 Å². The first kappa shape index (κ1) is 20.5. The molecule has 0 aromatic carbocycles. The van der Waals surface area contributed by atoms with Crippen LogP contribution in [0.5, 0.6) is 0 Å². The molecule has 0 aliphatic carbocycles. The standard InChI is InChI=1S/C20H23FN8O2/c1-27(2)20(31)12-4-3-7-28(10-12)15-5-6-23-9-14(15)25-19(30)16-17(22)26-29-11-13(21)8-24-18(16)29/h5-6,8-9,11-12H,3-4,7,10H2,1-2H3,(H2,22,26)(H,25,30). The van der Waals surface area contributed by atoms with Crippen LogP contribution in [0.4, 0.5) is 21.6 Å². The fraction of sp³-hybridized carbons (Fsp3) is 0.350. The predicted octanol–water partition coefficient (Wildman–Crippen LogP) is 1.40. The summed E-state index contributed by atoms with van der Waals surface area (Å²) in [5, 5.41) is 6.78. The first-order valence-electron chi connectivity index (χ1n) is 9.86. The van der Waals surface area contributed by atoms with Crippen LogP contribution in [0, 0.1) is 11.7 Å². The number of pyridine rings is 1. The molecular weight excluding hydrogens is 403 g/mol. The van der Waals surface area contributed by atoms with Gasteiger partial charge >= 0.3 is 0 Å². The van der Waals surface area contributed by atoms with Crippen molar-refractivity contribution in [1.82, 2.24) is 24.5 Å². The van der Waals surface area contributed by atoms with Crippen LogP contribution in [0.1, 0.15) is 23.2 Å². The van der Waals surface area contributed by atoms with Gasteiger partial charge in [0.05, 0.1) is 35.9 Å². The molecule has 1 saturated heterocycles. The van der Waals surface area contributed by atoms with Crippen molar-refractivity contribution in [3.05, 3.63) is 42.2 Å². The number of nitrogens with two attached hydrogens (primary N) is 1. The van der Waals surface area contributed by atoms with Crippen LogP contribution in [0.25, 0.3) is 5.65 Å². The molecule has 162 valence electrons. The molecule has 0 saturated carbocycles. The van der Waals surface area contributed by atoms with Gasteiger partial charge < -0.3 is 20.9 Å². The zero-order valence-corrected chi connectivity index (χ0v) is 17.2. The number of rotatable bonds is 4. The Kier molecular flexibility index (Phi) is 5.40. The van der Waals surface area contributed by atoms with Gasteiger partial charge in [0.25, 0.3) is 5.91 Å². The number of hydrogen-bond donors (Lipinski definition) is 2. The Morgan fingerprint density at radius 1 is 1.32 bits per heavy atom. The molecule has 3 N–H and O–H groups in total. The maximum atomic E-state index is 13.4. The van der Waals surface area contributed by atoms with E-state index in [1.165, 1.54) is 0 Å². The zero-order chi connectivity index (χ0) is 22.1. The lowest BCUT2D eigenvalue weighted by atomic mass is 9.96. The van der Waals surface area contributed by atoms with Crippen molar-refractivity contribution in [1.29, 1.82) is 0 Å². The summed E-state index contributed by atoms with van der Waals surface area (Å²) in [7, 11) is 3.50. The van der Waals surface area contributed by atoms with E-state index in [1.807, 2.05) is 0 Å². The van der Waals surface area contributed by atoms with Gasteiger partial charge in [-0.15, -0.1) is 5.10 Å². The van der Waals surface area contributed by atoms with E-state index in [2.05, 4.69) is 25.3 Å². The van der Waals surface area contributed by atoms with Crippen molar-refractivity contribution in [2.24, 2.45) is 5.92 Å². The number of amides is 2. The molecule has 1 fully saturated rings. The average Bonchev–Trinajstić information content (AvgIpc) is 3.08. The Hall–Kier alpha value is -3.76. The lowest BCUT2D eigenvalue weighted by Crippen LogP contribution is -2.43. The largest absolute Gasteiger partial charge is 0.381 e. The SMILES string of the molecule is CN(C)C(=O)C1CCCN(c2ccncc2NC(=O)c2c(N)nn3cc(F)cnc23)C1. The monoisotopic (exact) mass is 426 g/mol. The van der Waals surface area contributed by atoms with E-state index in [4.69, 9.17) is 5.73 Å². The summed E-state index contributed by atoms with van der Waals surface area (Å²) >= 11 is 0. The number of anilines is 3. The molecule has 1 aliphatic rings. The van der Waals surface area contributed by atoms with Crippen molar-refractivity contribution in [2.45, 2.75) is 12.8 Å². The Morgan fingerprint density at radius 3 is 2.90 bits per heavy atom. The molecule has 0 radical (unpaired) electrons. The van der Waals surface area contributed by atoms with Crippen molar-refractivity contribution in [2.75, 3.05) is 43.1 Å². The molecule has 11 heteroatoms. The van der Waals surface area contributed by atoms with E-state index in [9.17, 15) is 14.0 Å². The van der Waals surface area contributed by atoms with Crippen molar-refractivity contribution in [3.63, 3.8) is 0 Å². The highest BCUT2D eigenvalue weighted by Gasteiger charge is 2.29. The summed E-state index contributed by atoms with van der Waals surface area (Å²) in [6.45, 7) is 1.30. The number of nitrogen functional groups attached to an aromatic ring is 1. The molecule has 0 spiro atoms. The maximum absolute atomic E-state index is 13.4. The van der Waals surface area contributed by atoms with Gasteiger partial charge in [0.2, 0.25) is 5.91 Å². The number of aromatic nitrogens is 4. The molecule has 4 rings (SSSR count). The van der Waals surface area contributed by atoms with E-state index in [1.54, 1.807) is 37.5 Å². The number of nitrogens with zero attached hydrogens (tertiary/aromatic N) is 6. The molecule has 3 aromatic heterocycles. The van der Waals surface area contributed by atoms with E-state index >= 15 is 0 Å². The number of fused-ring (bicyclic) bond motifs is 1. The number of halogens is 1. The van der Waals surface area contributed by atoms with Gasteiger partial charge in [0, 0.05) is 33.4 Å². The molecule has 2 amide bonds. The third-order valence-corrected chi connectivity index (χ3v) is 5.29. The highest BCUT2D eigenvalue weighted by atomic mass is 19.1. The van der Waals surface area contributed by atoms with Gasteiger partial charge in [0.15, 0.2) is 17.3 Å². The van der Waals surface area contributed by atoms with Gasteiger partial charge in [-0.1, -0.05) is 0 Å². The Bertz CT molecular complexity index is 1150. The average molecular weight is 426 g/mol. The topological polar surface area (TPSA) is 122 Å². The second-order valence-electron chi connectivity index (χ2n) is 7.67. The first-order chi connectivity index (χ1) is 14.8. The smallest absolute Gasteiger partial charge is 0.263 e. The molecule has 31 heavy (non-hydrogen) atoms. The van der Waals surface area contributed by atoms with Gasteiger partial charge in [-0.25, -0.2) is 13.9 Å². The number of hydrogen-bond acceptors (Lipinski definition) is 7. The van der Waals surface area contributed by atoms with E-state index in [0.717, 1.165) is 42.0 Å². The van der Waals surface area contributed by atoms with E-state index in [-0.39, 0.29) is 28.9 Å². The van der Waals surface area contributed by atoms with Gasteiger partial charge in [-0.2, -0.15) is 0 Å². The summed E-state index contributed by atoms with van der Waals surface area (Å²) in [5.41, 5.74) is 7.33. The summed E-state index contributed by atoms with van der Waals surface area (Å²) in [6.07, 6.45) is 6.95. The molecule has 3 aromatic rings. The normalized spacial score (nSPS) is 16.4.